The average Bonchev–Trinajstić information content (AvgIpc) is 2.50. The lowest BCUT2D eigenvalue weighted by molar-refractivity contribution is -0.251. The number of rotatable bonds is 6. The van der Waals surface area contributed by atoms with Crippen molar-refractivity contribution >= 4 is 23.9 Å². The zero-order valence-electron chi connectivity index (χ0n) is 14.6. The molecule has 0 amide bonds. The van der Waals surface area contributed by atoms with Gasteiger partial charge in [-0.2, -0.15) is 0 Å². The Morgan fingerprint density at radius 2 is 1.38 bits per heavy atom. The highest BCUT2D eigenvalue weighted by molar-refractivity contribution is 5.68. The lowest BCUT2D eigenvalue weighted by Crippen LogP contribution is -2.61. The number of hydrogen-bond donors (Lipinski definition) is 0. The van der Waals surface area contributed by atoms with E-state index in [4.69, 9.17) is 29.2 Å². The highest BCUT2D eigenvalue weighted by atomic mass is 16.7. The van der Waals surface area contributed by atoms with Crippen LogP contribution in [0.25, 0.3) is 10.4 Å². The second-order valence-corrected chi connectivity index (χ2v) is 5.29. The largest absolute Gasteiger partial charge is 0.463 e. The Hall–Kier alpha value is -2.85. The van der Waals surface area contributed by atoms with Crippen LogP contribution in [-0.4, -0.2) is 61.1 Å². The summed E-state index contributed by atoms with van der Waals surface area (Å²) in [5, 5.41) is 3.38. The summed E-state index contributed by atoms with van der Waals surface area (Å²) in [5.74, 6) is -2.92. The summed E-state index contributed by atoms with van der Waals surface area (Å²) < 4.78 is 25.6. The fourth-order valence-corrected chi connectivity index (χ4v) is 2.35. The van der Waals surface area contributed by atoms with E-state index in [1.807, 2.05) is 0 Å². The second-order valence-electron chi connectivity index (χ2n) is 5.29. The van der Waals surface area contributed by atoms with Crippen molar-refractivity contribution in [3.8, 4) is 0 Å². The van der Waals surface area contributed by atoms with Gasteiger partial charge < -0.3 is 23.7 Å². The van der Waals surface area contributed by atoms with Gasteiger partial charge in [0, 0.05) is 32.6 Å². The number of azide groups is 1. The summed E-state index contributed by atoms with van der Waals surface area (Å²) in [6.07, 6.45) is -6.52. The van der Waals surface area contributed by atoms with E-state index < -0.39 is 54.5 Å². The van der Waals surface area contributed by atoms with Gasteiger partial charge in [0.05, 0.1) is 0 Å². The molecule has 1 aliphatic rings. The summed E-state index contributed by atoms with van der Waals surface area (Å²) >= 11 is 0. The summed E-state index contributed by atoms with van der Waals surface area (Å²) in [4.78, 5) is 48.0. The molecule has 0 spiro atoms. The van der Waals surface area contributed by atoms with Crippen molar-refractivity contribution in [3.05, 3.63) is 10.4 Å². The molecule has 0 saturated carbocycles. The maximum absolute atomic E-state index is 11.5. The van der Waals surface area contributed by atoms with E-state index in [-0.39, 0.29) is 6.61 Å². The van der Waals surface area contributed by atoms with Crippen LogP contribution in [0.1, 0.15) is 27.7 Å². The summed E-state index contributed by atoms with van der Waals surface area (Å²) in [6.45, 7) is 4.06. The van der Waals surface area contributed by atoms with Gasteiger partial charge in [-0.15, -0.1) is 0 Å². The molecule has 1 fully saturated rings. The highest BCUT2D eigenvalue weighted by Crippen LogP contribution is 2.29. The minimum absolute atomic E-state index is 0.380. The molecule has 1 aliphatic heterocycles. The van der Waals surface area contributed by atoms with Gasteiger partial charge in [0.2, 0.25) is 0 Å². The van der Waals surface area contributed by atoms with Crippen molar-refractivity contribution in [2.45, 2.75) is 58.3 Å². The van der Waals surface area contributed by atoms with Crippen LogP contribution in [0.15, 0.2) is 5.11 Å². The van der Waals surface area contributed by atoms with Crippen LogP contribution >= 0.6 is 0 Å². The Morgan fingerprint density at radius 3 is 1.85 bits per heavy atom. The van der Waals surface area contributed by atoms with Crippen LogP contribution in [0, 0.1) is 0 Å². The van der Waals surface area contributed by atoms with Gasteiger partial charge in [-0.05, 0) is 5.53 Å². The standard InChI is InChI=1S/C14H19N3O9/c1-6(18)22-5-10-11(23-7(2)19)12(24-8(3)20)13(25-9(4)21)14(26-10)16-17-15/h10-14H,5H2,1-4H3/t10-,11+,12+,13-,14+/m0/s1. The van der Waals surface area contributed by atoms with Crippen molar-refractivity contribution in [1.82, 2.24) is 0 Å². The summed E-state index contributed by atoms with van der Waals surface area (Å²) in [5.41, 5.74) is 8.71. The van der Waals surface area contributed by atoms with Crippen LogP contribution in [0.4, 0.5) is 0 Å². The maximum atomic E-state index is 11.5. The van der Waals surface area contributed by atoms with E-state index in [9.17, 15) is 19.2 Å². The molecule has 0 bridgehead atoms. The van der Waals surface area contributed by atoms with Crippen LogP contribution < -0.4 is 0 Å². The molecular weight excluding hydrogens is 354 g/mol. The molecule has 0 unspecified atom stereocenters. The topological polar surface area (TPSA) is 163 Å². The smallest absolute Gasteiger partial charge is 0.303 e. The normalized spacial score (nSPS) is 27.5. The van der Waals surface area contributed by atoms with Crippen molar-refractivity contribution < 1.29 is 42.9 Å². The van der Waals surface area contributed by atoms with Gasteiger partial charge in [0.15, 0.2) is 24.5 Å². The first-order chi connectivity index (χ1) is 12.1. The van der Waals surface area contributed by atoms with Crippen molar-refractivity contribution in [3.63, 3.8) is 0 Å². The molecule has 0 radical (unpaired) electrons. The fraction of sp³-hybridized carbons (Fsp3) is 0.714. The Bertz CT molecular complexity index is 617. The Kier molecular flexibility index (Phi) is 7.81. The number of esters is 4. The van der Waals surface area contributed by atoms with Crippen molar-refractivity contribution in [2.75, 3.05) is 6.61 Å². The fourth-order valence-electron chi connectivity index (χ4n) is 2.35. The SMILES string of the molecule is CC(=O)OC[C@@H]1O[C@@H](N=[N+]=[N-])[C@@H](OC(C)=O)[C@H](OC(C)=O)[C@@H]1OC(C)=O. The molecule has 144 valence electrons. The number of nitrogens with zero attached hydrogens (tertiary/aromatic N) is 3. The predicted molar refractivity (Wildman–Crippen MR) is 81.1 cm³/mol. The van der Waals surface area contributed by atoms with Gasteiger partial charge in [-0.25, -0.2) is 0 Å². The van der Waals surface area contributed by atoms with E-state index in [2.05, 4.69) is 10.0 Å². The molecule has 26 heavy (non-hydrogen) atoms. The molecule has 0 aromatic carbocycles. The van der Waals surface area contributed by atoms with Crippen molar-refractivity contribution in [1.29, 1.82) is 0 Å². The molecule has 1 heterocycles. The first-order valence-electron chi connectivity index (χ1n) is 7.50. The second kappa shape index (κ2) is 9.59. The Balaban J connectivity index is 3.28. The molecule has 0 aliphatic carbocycles. The maximum Gasteiger partial charge on any atom is 0.303 e. The molecule has 0 aromatic rings. The minimum Gasteiger partial charge on any atom is -0.463 e. The van der Waals surface area contributed by atoms with E-state index in [1.165, 1.54) is 0 Å². The Labute approximate surface area is 148 Å². The van der Waals surface area contributed by atoms with Gasteiger partial charge in [-0.3, -0.25) is 19.2 Å². The number of hydrogen-bond acceptors (Lipinski definition) is 10. The predicted octanol–water partition coefficient (Wildman–Crippen LogP) is 0.380. The number of carbonyl (C=O) groups excluding carboxylic acids is 4. The van der Waals surface area contributed by atoms with Crippen molar-refractivity contribution in [2.24, 2.45) is 5.11 Å². The molecule has 12 nitrogen and oxygen atoms in total. The molecule has 0 N–H and O–H groups in total. The van der Waals surface area contributed by atoms with E-state index in [0.29, 0.717) is 0 Å². The zero-order chi connectivity index (χ0) is 19.9. The number of ether oxygens (including phenoxy) is 5. The molecule has 1 rings (SSSR count). The lowest BCUT2D eigenvalue weighted by Gasteiger charge is -2.43. The van der Waals surface area contributed by atoms with Gasteiger partial charge in [-0.1, -0.05) is 5.11 Å². The lowest BCUT2D eigenvalue weighted by atomic mass is 9.97. The molecule has 1 saturated heterocycles. The minimum atomic E-state index is -1.40. The van der Waals surface area contributed by atoms with E-state index >= 15 is 0 Å². The van der Waals surface area contributed by atoms with Crippen LogP contribution in [0.5, 0.6) is 0 Å². The molecule has 12 heteroatoms. The van der Waals surface area contributed by atoms with Gasteiger partial charge in [0.1, 0.15) is 12.7 Å². The molecular formula is C14H19N3O9. The summed E-state index contributed by atoms with van der Waals surface area (Å²) in [6, 6.07) is 0. The third-order valence-corrected chi connectivity index (χ3v) is 3.13. The Morgan fingerprint density at radius 1 is 0.885 bits per heavy atom. The van der Waals surface area contributed by atoms with Crippen LogP contribution in [-0.2, 0) is 42.9 Å². The monoisotopic (exact) mass is 373 g/mol. The molecule has 5 atom stereocenters. The first kappa shape index (κ1) is 21.2. The molecule has 0 aromatic heterocycles. The van der Waals surface area contributed by atoms with E-state index in [1.54, 1.807) is 0 Å². The van der Waals surface area contributed by atoms with Crippen LogP contribution in [0.3, 0.4) is 0 Å². The zero-order valence-corrected chi connectivity index (χ0v) is 14.6. The third-order valence-electron chi connectivity index (χ3n) is 3.13. The average molecular weight is 373 g/mol. The van der Waals surface area contributed by atoms with Crippen LogP contribution in [0.2, 0.25) is 0 Å². The van der Waals surface area contributed by atoms with E-state index in [0.717, 1.165) is 27.7 Å². The van der Waals surface area contributed by atoms with Gasteiger partial charge >= 0.3 is 23.9 Å². The van der Waals surface area contributed by atoms with Gasteiger partial charge in [0.25, 0.3) is 0 Å². The first-order valence-corrected chi connectivity index (χ1v) is 7.50. The summed E-state index contributed by atoms with van der Waals surface area (Å²) in [7, 11) is 0. The quantitative estimate of drug-likeness (QED) is 0.210. The highest BCUT2D eigenvalue weighted by Gasteiger charge is 2.51. The number of carbonyl (C=O) groups is 4. The third kappa shape index (κ3) is 6.22.